The molecule has 186 valence electrons. The van der Waals surface area contributed by atoms with Gasteiger partial charge in [0.1, 0.15) is 6.04 Å². The Hall–Kier alpha value is -4.08. The maximum absolute atomic E-state index is 13.0. The highest BCUT2D eigenvalue weighted by atomic mass is 16.5. The number of nitrogens with two attached hydrogens (primary N) is 1. The maximum atomic E-state index is 13.0. The number of ether oxygens (including phenoxy) is 1. The number of primary amides is 1. The summed E-state index contributed by atoms with van der Waals surface area (Å²) in [5.74, 6) is -1.68. The number of pyridine rings is 1. The van der Waals surface area contributed by atoms with Gasteiger partial charge < -0.3 is 20.9 Å². The first-order valence-corrected chi connectivity index (χ1v) is 11.6. The number of aryl methyl sites for hydroxylation is 1. The van der Waals surface area contributed by atoms with Crippen molar-refractivity contribution in [3.05, 3.63) is 88.7 Å². The number of carbonyl (C=O) groups is 3. The summed E-state index contributed by atoms with van der Waals surface area (Å²) >= 11 is 0. The monoisotopic (exact) mass is 488 g/mol. The molecule has 1 aromatic heterocycles. The summed E-state index contributed by atoms with van der Waals surface area (Å²) in [4.78, 5) is 41.6. The van der Waals surface area contributed by atoms with Crippen LogP contribution < -0.4 is 11.1 Å². The van der Waals surface area contributed by atoms with E-state index in [0.29, 0.717) is 31.0 Å². The van der Waals surface area contributed by atoms with Gasteiger partial charge in [0.25, 0.3) is 0 Å². The average molecular weight is 489 g/mol. The number of carboxylic acids is 1. The first kappa shape index (κ1) is 25.0. The summed E-state index contributed by atoms with van der Waals surface area (Å²) in [6.45, 7) is 4.14. The number of rotatable bonds is 8. The molecule has 0 spiro atoms. The minimum atomic E-state index is -1.05. The molecule has 1 aliphatic heterocycles. The zero-order valence-corrected chi connectivity index (χ0v) is 19.9. The van der Waals surface area contributed by atoms with Gasteiger partial charge in [0.2, 0.25) is 11.8 Å². The van der Waals surface area contributed by atoms with Gasteiger partial charge in [-0.3, -0.25) is 19.5 Å². The molecule has 1 atom stereocenters. The minimum Gasteiger partial charge on any atom is -0.478 e. The van der Waals surface area contributed by atoms with E-state index in [1.165, 1.54) is 12.3 Å². The molecule has 36 heavy (non-hydrogen) atoms. The Bertz CT molecular complexity index is 1280. The van der Waals surface area contributed by atoms with Gasteiger partial charge in [-0.05, 0) is 59.5 Å². The van der Waals surface area contributed by atoms with Crippen molar-refractivity contribution in [3.8, 4) is 11.1 Å². The van der Waals surface area contributed by atoms with Crippen molar-refractivity contribution < 1.29 is 24.2 Å². The summed E-state index contributed by atoms with van der Waals surface area (Å²) in [6, 6.07) is 16.1. The molecule has 4 N–H and O–H groups in total. The average Bonchev–Trinajstić information content (AvgIpc) is 2.88. The molecule has 3 aromatic rings. The Kier molecular flexibility index (Phi) is 7.72. The van der Waals surface area contributed by atoms with Crippen molar-refractivity contribution in [2.45, 2.75) is 26.1 Å². The number of morpholine rings is 1. The number of hydrogen-bond donors (Lipinski definition) is 3. The second kappa shape index (κ2) is 11.1. The number of carbonyl (C=O) groups excluding carboxylic acids is 2. The predicted octanol–water partition coefficient (Wildman–Crippen LogP) is 2.37. The predicted molar refractivity (Wildman–Crippen MR) is 133 cm³/mol. The number of nitrogens with zero attached hydrogens (tertiary/aromatic N) is 2. The normalized spacial score (nSPS) is 15.9. The summed E-state index contributed by atoms with van der Waals surface area (Å²) in [6.07, 6.45) is 1.27. The van der Waals surface area contributed by atoms with Crippen molar-refractivity contribution in [2.75, 3.05) is 19.8 Å². The van der Waals surface area contributed by atoms with Gasteiger partial charge in [0.05, 0.1) is 31.0 Å². The SMILES string of the molecule is Cc1cc(C(N)=O)ccc1-c1cccc(CN2CCOC[C@@H]2C(=O)NCc2ccc(C(=O)O)cn2)c1. The summed E-state index contributed by atoms with van der Waals surface area (Å²) < 4.78 is 5.58. The molecular formula is C27H28N4O5. The highest BCUT2D eigenvalue weighted by Gasteiger charge is 2.29. The molecule has 2 heterocycles. The van der Waals surface area contributed by atoms with Crippen LogP contribution in [0.5, 0.6) is 0 Å². The number of benzene rings is 2. The number of hydrogen-bond acceptors (Lipinski definition) is 6. The van der Waals surface area contributed by atoms with Crippen LogP contribution in [0.2, 0.25) is 0 Å². The van der Waals surface area contributed by atoms with Crippen molar-refractivity contribution >= 4 is 17.8 Å². The molecule has 0 aliphatic carbocycles. The lowest BCUT2D eigenvalue weighted by Gasteiger charge is -2.34. The van der Waals surface area contributed by atoms with E-state index in [1.54, 1.807) is 18.2 Å². The van der Waals surface area contributed by atoms with E-state index in [0.717, 1.165) is 22.3 Å². The molecule has 0 saturated carbocycles. The number of amides is 2. The zero-order chi connectivity index (χ0) is 25.7. The Morgan fingerprint density at radius 1 is 1.14 bits per heavy atom. The van der Waals surface area contributed by atoms with Gasteiger partial charge in [-0.25, -0.2) is 4.79 Å². The van der Waals surface area contributed by atoms with Crippen LogP contribution in [0.1, 0.15) is 37.5 Å². The fourth-order valence-electron chi connectivity index (χ4n) is 4.23. The smallest absolute Gasteiger partial charge is 0.337 e. The van der Waals surface area contributed by atoms with E-state index in [1.807, 2.05) is 31.2 Å². The topological polar surface area (TPSA) is 135 Å². The molecule has 0 radical (unpaired) electrons. The van der Waals surface area contributed by atoms with Crippen molar-refractivity contribution in [2.24, 2.45) is 5.73 Å². The zero-order valence-electron chi connectivity index (χ0n) is 19.9. The molecule has 4 rings (SSSR count). The van der Waals surface area contributed by atoms with Crippen LogP contribution in [-0.4, -0.2) is 58.6 Å². The summed E-state index contributed by atoms with van der Waals surface area (Å²) in [7, 11) is 0. The molecule has 0 unspecified atom stereocenters. The summed E-state index contributed by atoms with van der Waals surface area (Å²) in [5.41, 5.74) is 10.6. The van der Waals surface area contributed by atoms with Gasteiger partial charge in [-0.1, -0.05) is 24.3 Å². The molecule has 0 bridgehead atoms. The van der Waals surface area contributed by atoms with Crippen LogP contribution in [0, 0.1) is 6.92 Å². The minimum absolute atomic E-state index is 0.0955. The van der Waals surface area contributed by atoms with Crippen molar-refractivity contribution in [3.63, 3.8) is 0 Å². The molecular weight excluding hydrogens is 460 g/mol. The van der Waals surface area contributed by atoms with Crippen LogP contribution in [0.15, 0.2) is 60.8 Å². The van der Waals surface area contributed by atoms with E-state index < -0.39 is 17.9 Å². The van der Waals surface area contributed by atoms with Gasteiger partial charge in [0, 0.05) is 24.8 Å². The number of carboxylic acid groups (broad SMARTS) is 1. The third-order valence-corrected chi connectivity index (χ3v) is 6.19. The molecule has 1 saturated heterocycles. The molecule has 2 amide bonds. The van der Waals surface area contributed by atoms with Gasteiger partial charge in [-0.15, -0.1) is 0 Å². The third kappa shape index (κ3) is 5.94. The molecule has 9 nitrogen and oxygen atoms in total. The first-order chi connectivity index (χ1) is 17.3. The Balaban J connectivity index is 1.44. The van der Waals surface area contributed by atoms with E-state index in [2.05, 4.69) is 21.3 Å². The van der Waals surface area contributed by atoms with Crippen molar-refractivity contribution in [1.82, 2.24) is 15.2 Å². The van der Waals surface area contributed by atoms with E-state index in [-0.39, 0.29) is 24.6 Å². The maximum Gasteiger partial charge on any atom is 0.337 e. The largest absolute Gasteiger partial charge is 0.478 e. The third-order valence-electron chi connectivity index (χ3n) is 6.19. The van der Waals surface area contributed by atoms with Crippen molar-refractivity contribution in [1.29, 1.82) is 0 Å². The van der Waals surface area contributed by atoms with Gasteiger partial charge >= 0.3 is 5.97 Å². The Morgan fingerprint density at radius 2 is 1.94 bits per heavy atom. The molecule has 1 fully saturated rings. The van der Waals surface area contributed by atoms with E-state index in [4.69, 9.17) is 15.6 Å². The van der Waals surface area contributed by atoms with Crippen LogP contribution >= 0.6 is 0 Å². The van der Waals surface area contributed by atoms with Crippen LogP contribution in [-0.2, 0) is 22.6 Å². The Labute approximate surface area is 208 Å². The quantitative estimate of drug-likeness (QED) is 0.443. The summed E-state index contributed by atoms with van der Waals surface area (Å²) in [5, 5.41) is 11.9. The van der Waals surface area contributed by atoms with Gasteiger partial charge in [0.15, 0.2) is 0 Å². The molecule has 9 heteroatoms. The highest BCUT2D eigenvalue weighted by molar-refractivity contribution is 5.93. The second-order valence-electron chi connectivity index (χ2n) is 8.72. The number of aromatic carboxylic acids is 1. The van der Waals surface area contributed by atoms with Crippen LogP contribution in [0.25, 0.3) is 11.1 Å². The molecule has 1 aliphatic rings. The number of aromatic nitrogens is 1. The highest BCUT2D eigenvalue weighted by Crippen LogP contribution is 2.26. The fourth-order valence-corrected chi connectivity index (χ4v) is 4.23. The Morgan fingerprint density at radius 3 is 2.64 bits per heavy atom. The second-order valence-corrected chi connectivity index (χ2v) is 8.72. The lowest BCUT2D eigenvalue weighted by atomic mass is 9.96. The van der Waals surface area contributed by atoms with Crippen LogP contribution in [0.4, 0.5) is 0 Å². The lowest BCUT2D eigenvalue weighted by molar-refractivity contribution is -0.133. The molecule has 2 aromatic carbocycles. The first-order valence-electron chi connectivity index (χ1n) is 11.6. The van der Waals surface area contributed by atoms with Crippen LogP contribution in [0.3, 0.4) is 0 Å². The van der Waals surface area contributed by atoms with E-state index in [9.17, 15) is 14.4 Å². The fraction of sp³-hybridized carbons (Fsp3) is 0.259. The number of nitrogens with one attached hydrogen (secondary N) is 1. The van der Waals surface area contributed by atoms with E-state index >= 15 is 0 Å². The standard InChI is InChI=1S/C27H28N4O5/c1-17-11-20(25(28)32)6-8-23(17)19-4-2-3-18(12-19)15-31-9-10-36-16-24(31)26(33)30-14-22-7-5-21(13-29-22)27(34)35/h2-8,11-13,24H,9-10,14-16H2,1H3,(H2,28,32)(H,30,33)(H,34,35)/t24-/m1/s1. The lowest BCUT2D eigenvalue weighted by Crippen LogP contribution is -2.53. The van der Waals surface area contributed by atoms with Gasteiger partial charge in [-0.2, -0.15) is 0 Å².